The molecule has 0 aromatic rings. The summed E-state index contributed by atoms with van der Waals surface area (Å²) in [5.41, 5.74) is -1.01. The van der Waals surface area contributed by atoms with Gasteiger partial charge < -0.3 is 10.4 Å². The summed E-state index contributed by atoms with van der Waals surface area (Å²) in [7, 11) is 0. The number of nitrogens with one attached hydrogen (secondary N) is 2. The van der Waals surface area contributed by atoms with Crippen LogP contribution in [-0.2, 0) is 9.59 Å². The van der Waals surface area contributed by atoms with Crippen molar-refractivity contribution in [3.05, 3.63) is 0 Å². The molecule has 1 unspecified atom stereocenters. The van der Waals surface area contributed by atoms with Gasteiger partial charge in [0.25, 0.3) is 0 Å². The van der Waals surface area contributed by atoms with Crippen LogP contribution in [0, 0.1) is 0 Å². The highest BCUT2D eigenvalue weighted by molar-refractivity contribution is 5.81. The normalized spacial score (nSPS) is 14.3. The highest BCUT2D eigenvalue weighted by Gasteiger charge is 2.31. The zero-order chi connectivity index (χ0) is 11.9. The summed E-state index contributed by atoms with van der Waals surface area (Å²) in [5.74, 6) is -1.10. The van der Waals surface area contributed by atoms with E-state index >= 15 is 0 Å². The van der Waals surface area contributed by atoms with E-state index in [4.69, 9.17) is 5.11 Å². The first-order valence-electron chi connectivity index (χ1n) is 5.21. The van der Waals surface area contributed by atoms with Crippen molar-refractivity contribution in [3.8, 4) is 0 Å². The van der Waals surface area contributed by atoms with E-state index in [1.54, 1.807) is 6.92 Å². The van der Waals surface area contributed by atoms with Gasteiger partial charge in [-0.15, -0.1) is 0 Å². The number of hydrogen-bond donors (Lipinski definition) is 3. The fourth-order valence-electron chi connectivity index (χ4n) is 1.31. The summed E-state index contributed by atoms with van der Waals surface area (Å²) in [6.07, 6.45) is 1.26. The topological polar surface area (TPSA) is 78.4 Å². The van der Waals surface area contributed by atoms with Crippen LogP contribution in [0.15, 0.2) is 0 Å². The van der Waals surface area contributed by atoms with Crippen molar-refractivity contribution < 1.29 is 14.7 Å². The predicted molar refractivity (Wildman–Crippen MR) is 57.6 cm³/mol. The van der Waals surface area contributed by atoms with E-state index < -0.39 is 11.5 Å². The second kappa shape index (κ2) is 6.40. The maximum atomic E-state index is 11.2. The summed E-state index contributed by atoms with van der Waals surface area (Å²) in [5, 5.41) is 14.4. The van der Waals surface area contributed by atoms with Crippen LogP contribution in [0.5, 0.6) is 0 Å². The van der Waals surface area contributed by atoms with Crippen LogP contribution in [0.4, 0.5) is 0 Å². The molecule has 0 fully saturated rings. The van der Waals surface area contributed by atoms with E-state index in [2.05, 4.69) is 10.6 Å². The van der Waals surface area contributed by atoms with Gasteiger partial charge >= 0.3 is 5.97 Å². The molecule has 0 saturated heterocycles. The Bertz CT molecular complexity index is 231. The van der Waals surface area contributed by atoms with Gasteiger partial charge in [-0.3, -0.25) is 14.9 Å². The van der Waals surface area contributed by atoms with Crippen molar-refractivity contribution in [2.45, 2.75) is 39.2 Å². The lowest BCUT2D eigenvalue weighted by Gasteiger charge is -2.25. The number of amides is 1. The third-order valence-corrected chi connectivity index (χ3v) is 2.24. The fraction of sp³-hybridized carbons (Fsp3) is 0.800. The molecule has 1 amide bonds. The van der Waals surface area contributed by atoms with Gasteiger partial charge in [-0.25, -0.2) is 0 Å². The van der Waals surface area contributed by atoms with Gasteiger partial charge in [0.05, 0.1) is 6.54 Å². The Morgan fingerprint density at radius 2 is 1.93 bits per heavy atom. The Kier molecular flexibility index (Phi) is 5.93. The Labute approximate surface area is 90.2 Å². The summed E-state index contributed by atoms with van der Waals surface area (Å²) in [6.45, 7) is 5.92. The lowest BCUT2D eigenvalue weighted by molar-refractivity contribution is -0.144. The molecule has 0 bridgehead atoms. The van der Waals surface area contributed by atoms with Gasteiger partial charge in [-0.2, -0.15) is 0 Å². The lowest BCUT2D eigenvalue weighted by atomic mass is 9.96. The quantitative estimate of drug-likeness (QED) is 0.574. The summed E-state index contributed by atoms with van der Waals surface area (Å²) in [4.78, 5) is 22.1. The molecule has 0 heterocycles. The molecule has 0 aliphatic rings. The van der Waals surface area contributed by atoms with Crippen LogP contribution in [0.2, 0.25) is 0 Å². The van der Waals surface area contributed by atoms with Gasteiger partial charge in [0.1, 0.15) is 5.54 Å². The number of carbonyl (C=O) groups excluding carboxylic acids is 1. The predicted octanol–water partition coefficient (Wildman–Crippen LogP) is 0.356. The molecule has 0 rings (SSSR count). The molecule has 88 valence electrons. The number of likely N-dealkylation sites (N-methyl/N-ethyl adjacent to an activating group) is 1. The first-order valence-corrected chi connectivity index (χ1v) is 5.21. The minimum atomic E-state index is -1.01. The Morgan fingerprint density at radius 1 is 1.33 bits per heavy atom. The highest BCUT2D eigenvalue weighted by Crippen LogP contribution is 2.11. The first kappa shape index (κ1) is 13.9. The average molecular weight is 216 g/mol. The molecule has 0 saturated carbocycles. The third kappa shape index (κ3) is 4.78. The number of carboxylic acid groups (broad SMARTS) is 1. The van der Waals surface area contributed by atoms with E-state index in [1.165, 1.54) is 0 Å². The number of aliphatic carboxylic acids is 1. The molecule has 0 aliphatic heterocycles. The van der Waals surface area contributed by atoms with Crippen LogP contribution in [0.3, 0.4) is 0 Å². The van der Waals surface area contributed by atoms with Gasteiger partial charge in [-0.1, -0.05) is 13.3 Å². The number of carboxylic acids is 1. The SMILES string of the molecule is CCCC(C)(NCC(=O)NCC)C(=O)O. The first-order chi connectivity index (χ1) is 6.96. The Hall–Kier alpha value is -1.10. The monoisotopic (exact) mass is 216 g/mol. The van der Waals surface area contributed by atoms with E-state index in [0.29, 0.717) is 13.0 Å². The second-order valence-electron chi connectivity index (χ2n) is 3.69. The van der Waals surface area contributed by atoms with Crippen molar-refractivity contribution >= 4 is 11.9 Å². The smallest absolute Gasteiger partial charge is 0.323 e. The van der Waals surface area contributed by atoms with Gasteiger partial charge in [0, 0.05) is 6.54 Å². The molecular weight excluding hydrogens is 196 g/mol. The molecule has 15 heavy (non-hydrogen) atoms. The Balaban J connectivity index is 4.18. The summed E-state index contributed by atoms with van der Waals surface area (Å²) < 4.78 is 0. The molecule has 5 nitrogen and oxygen atoms in total. The van der Waals surface area contributed by atoms with Crippen LogP contribution in [0.25, 0.3) is 0 Å². The van der Waals surface area contributed by atoms with Crippen LogP contribution in [0.1, 0.15) is 33.6 Å². The molecule has 3 N–H and O–H groups in total. The minimum absolute atomic E-state index is 0.0383. The van der Waals surface area contributed by atoms with E-state index in [1.807, 2.05) is 13.8 Å². The van der Waals surface area contributed by atoms with E-state index in [-0.39, 0.29) is 12.5 Å². The fourth-order valence-corrected chi connectivity index (χ4v) is 1.31. The van der Waals surface area contributed by atoms with Gasteiger partial charge in [0.2, 0.25) is 5.91 Å². The standard InChI is InChI=1S/C10H20N2O3/c1-4-6-10(3,9(14)15)12-7-8(13)11-5-2/h12H,4-7H2,1-3H3,(H,11,13)(H,14,15). The number of hydrogen-bond acceptors (Lipinski definition) is 3. The van der Waals surface area contributed by atoms with Crippen LogP contribution >= 0.6 is 0 Å². The van der Waals surface area contributed by atoms with Crippen LogP contribution < -0.4 is 10.6 Å². The van der Waals surface area contributed by atoms with Gasteiger partial charge in [0.15, 0.2) is 0 Å². The molecule has 0 aliphatic carbocycles. The maximum absolute atomic E-state index is 11.2. The van der Waals surface area contributed by atoms with E-state index in [0.717, 1.165) is 6.42 Å². The largest absolute Gasteiger partial charge is 0.480 e. The Morgan fingerprint density at radius 3 is 2.33 bits per heavy atom. The summed E-state index contributed by atoms with van der Waals surface area (Å²) in [6, 6.07) is 0. The minimum Gasteiger partial charge on any atom is -0.480 e. The van der Waals surface area contributed by atoms with Crippen LogP contribution in [-0.4, -0.2) is 35.6 Å². The average Bonchev–Trinajstić information content (AvgIpc) is 2.15. The van der Waals surface area contributed by atoms with Crippen molar-refractivity contribution in [1.82, 2.24) is 10.6 Å². The van der Waals surface area contributed by atoms with Crippen molar-refractivity contribution in [1.29, 1.82) is 0 Å². The number of carbonyl (C=O) groups is 2. The van der Waals surface area contributed by atoms with E-state index in [9.17, 15) is 9.59 Å². The molecular formula is C10H20N2O3. The molecule has 0 radical (unpaired) electrons. The molecule has 1 atom stereocenters. The van der Waals surface area contributed by atoms with Crippen molar-refractivity contribution in [2.75, 3.05) is 13.1 Å². The molecule has 0 aromatic heterocycles. The summed E-state index contributed by atoms with van der Waals surface area (Å²) >= 11 is 0. The molecule has 0 aromatic carbocycles. The van der Waals surface area contributed by atoms with Gasteiger partial charge in [-0.05, 0) is 20.3 Å². The zero-order valence-corrected chi connectivity index (χ0v) is 9.59. The third-order valence-electron chi connectivity index (χ3n) is 2.24. The lowest BCUT2D eigenvalue weighted by Crippen LogP contribution is -2.52. The zero-order valence-electron chi connectivity index (χ0n) is 9.59. The molecule has 0 spiro atoms. The molecule has 5 heteroatoms. The second-order valence-corrected chi connectivity index (χ2v) is 3.69. The maximum Gasteiger partial charge on any atom is 0.323 e. The number of rotatable bonds is 7. The van der Waals surface area contributed by atoms with Crippen molar-refractivity contribution in [2.24, 2.45) is 0 Å². The van der Waals surface area contributed by atoms with Crippen molar-refractivity contribution in [3.63, 3.8) is 0 Å². The highest BCUT2D eigenvalue weighted by atomic mass is 16.4.